The Hall–Kier alpha value is -3.22. The molecule has 0 aliphatic carbocycles. The molecule has 7 heteroatoms. The fourth-order valence-corrected chi connectivity index (χ4v) is 2.04. The topological polar surface area (TPSA) is 92.2 Å². The van der Waals surface area contributed by atoms with Crippen molar-refractivity contribution in [3.63, 3.8) is 0 Å². The van der Waals surface area contributed by atoms with Gasteiger partial charge in [-0.05, 0) is 43.3 Å². The van der Waals surface area contributed by atoms with Crippen LogP contribution in [0.2, 0.25) is 0 Å². The maximum Gasteiger partial charge on any atom is 0.259 e. The van der Waals surface area contributed by atoms with Crippen molar-refractivity contribution in [2.45, 2.75) is 6.92 Å². The summed E-state index contributed by atoms with van der Waals surface area (Å²) >= 11 is 0. The molecule has 7 nitrogen and oxygen atoms in total. The highest BCUT2D eigenvalue weighted by Gasteiger charge is 2.05. The number of nitrogens with zero attached hydrogens (tertiary/aromatic N) is 1. The second-order valence-corrected chi connectivity index (χ2v) is 5.00. The summed E-state index contributed by atoms with van der Waals surface area (Å²) in [4.78, 5) is 11.8. The number of hydrogen-bond donors (Lipinski definition) is 3. The predicted molar refractivity (Wildman–Crippen MR) is 96.5 cm³/mol. The fourth-order valence-electron chi connectivity index (χ4n) is 2.04. The van der Waals surface area contributed by atoms with Crippen LogP contribution < -0.4 is 20.2 Å². The molecule has 0 atom stereocenters. The molecule has 0 aliphatic rings. The summed E-state index contributed by atoms with van der Waals surface area (Å²) in [5.41, 5.74) is 3.63. The Morgan fingerprint density at radius 3 is 2.68 bits per heavy atom. The van der Waals surface area contributed by atoms with Gasteiger partial charge in [-0.1, -0.05) is 6.07 Å². The molecular weight excluding hydrogens is 322 g/mol. The molecule has 2 aromatic rings. The van der Waals surface area contributed by atoms with Gasteiger partial charge >= 0.3 is 0 Å². The Balaban J connectivity index is 1.82. The van der Waals surface area contributed by atoms with E-state index < -0.39 is 0 Å². The number of phenolic OH excluding ortho intramolecular Hbond substituents is 1. The Kier molecular flexibility index (Phi) is 6.65. The van der Waals surface area contributed by atoms with Gasteiger partial charge in [0.05, 0.1) is 26.5 Å². The number of carbonyl (C=O) groups excluding carboxylic acids is 1. The number of nitrogens with one attached hydrogen (secondary N) is 2. The van der Waals surface area contributed by atoms with Gasteiger partial charge in [0.15, 0.2) is 11.5 Å². The first-order valence-electron chi connectivity index (χ1n) is 7.78. The number of hydrazone groups is 1. The van der Waals surface area contributed by atoms with E-state index in [2.05, 4.69) is 15.8 Å². The summed E-state index contributed by atoms with van der Waals surface area (Å²) in [5, 5.41) is 16.7. The average Bonchev–Trinajstić information content (AvgIpc) is 2.63. The molecule has 0 bridgehead atoms. The zero-order valence-electron chi connectivity index (χ0n) is 14.2. The number of para-hydroxylation sites is 1. The number of phenols is 1. The first-order chi connectivity index (χ1) is 12.1. The van der Waals surface area contributed by atoms with Gasteiger partial charge in [0, 0.05) is 11.3 Å². The van der Waals surface area contributed by atoms with E-state index in [0.717, 1.165) is 11.4 Å². The Morgan fingerprint density at radius 2 is 2.00 bits per heavy atom. The largest absolute Gasteiger partial charge is 0.504 e. The van der Waals surface area contributed by atoms with E-state index in [1.807, 2.05) is 31.2 Å². The minimum absolute atomic E-state index is 0.0319. The van der Waals surface area contributed by atoms with Crippen LogP contribution in [0, 0.1) is 0 Å². The highest BCUT2D eigenvalue weighted by Crippen LogP contribution is 2.27. The Labute approximate surface area is 146 Å². The number of ether oxygens (including phenoxy) is 2. The Morgan fingerprint density at radius 1 is 1.24 bits per heavy atom. The molecule has 0 aromatic heterocycles. The van der Waals surface area contributed by atoms with Crippen molar-refractivity contribution in [3.05, 3.63) is 48.0 Å². The molecule has 3 N–H and O–H groups in total. The number of carbonyl (C=O) groups is 1. The normalized spacial score (nSPS) is 10.5. The van der Waals surface area contributed by atoms with Gasteiger partial charge in [0.1, 0.15) is 5.75 Å². The molecule has 0 fully saturated rings. The van der Waals surface area contributed by atoms with E-state index in [1.165, 1.54) is 13.3 Å². The lowest BCUT2D eigenvalue weighted by Gasteiger charge is -2.07. The van der Waals surface area contributed by atoms with E-state index in [-0.39, 0.29) is 18.2 Å². The third-order valence-corrected chi connectivity index (χ3v) is 3.26. The highest BCUT2D eigenvalue weighted by atomic mass is 16.5. The van der Waals surface area contributed by atoms with Crippen LogP contribution in [-0.2, 0) is 4.79 Å². The third-order valence-electron chi connectivity index (χ3n) is 3.26. The molecule has 25 heavy (non-hydrogen) atoms. The van der Waals surface area contributed by atoms with Gasteiger partial charge in [-0.2, -0.15) is 5.10 Å². The van der Waals surface area contributed by atoms with Gasteiger partial charge in [0.2, 0.25) is 0 Å². The van der Waals surface area contributed by atoms with Crippen molar-refractivity contribution in [2.24, 2.45) is 5.10 Å². The molecule has 0 saturated carbocycles. The maximum atomic E-state index is 11.8. The molecule has 0 radical (unpaired) electrons. The minimum Gasteiger partial charge on any atom is -0.504 e. The molecule has 132 valence electrons. The number of methoxy groups -OCH3 is 1. The van der Waals surface area contributed by atoms with Crippen LogP contribution in [0.5, 0.6) is 17.2 Å². The van der Waals surface area contributed by atoms with Gasteiger partial charge in [-0.25, -0.2) is 5.43 Å². The van der Waals surface area contributed by atoms with Crippen LogP contribution in [0.3, 0.4) is 0 Å². The number of hydrogen-bond acceptors (Lipinski definition) is 6. The maximum absolute atomic E-state index is 11.8. The zero-order chi connectivity index (χ0) is 18.1. The van der Waals surface area contributed by atoms with Gasteiger partial charge in [-0.15, -0.1) is 0 Å². The van der Waals surface area contributed by atoms with Crippen molar-refractivity contribution >= 4 is 17.8 Å². The molecule has 1 amide bonds. The second-order valence-electron chi connectivity index (χ2n) is 5.00. The molecule has 2 rings (SSSR count). The summed E-state index contributed by atoms with van der Waals surface area (Å²) in [6.07, 6.45) is 1.35. The fraction of sp³-hybridized carbons (Fsp3) is 0.222. The van der Waals surface area contributed by atoms with Crippen molar-refractivity contribution in [1.29, 1.82) is 0 Å². The van der Waals surface area contributed by atoms with Crippen LogP contribution in [0.15, 0.2) is 47.6 Å². The average molecular weight is 343 g/mol. The summed E-state index contributed by atoms with van der Waals surface area (Å²) < 4.78 is 10.4. The summed E-state index contributed by atoms with van der Waals surface area (Å²) in [6, 6.07) is 12.3. The van der Waals surface area contributed by atoms with Crippen molar-refractivity contribution in [1.82, 2.24) is 5.43 Å². The molecule has 0 heterocycles. The quantitative estimate of drug-likeness (QED) is 0.505. The molecular formula is C18H21N3O4. The number of anilines is 1. The second kappa shape index (κ2) is 9.17. The lowest BCUT2D eigenvalue weighted by Crippen LogP contribution is -2.25. The van der Waals surface area contributed by atoms with Crippen LogP contribution >= 0.6 is 0 Å². The predicted octanol–water partition coefficient (Wildman–Crippen LogP) is 2.36. The first-order valence-corrected chi connectivity index (χ1v) is 7.78. The van der Waals surface area contributed by atoms with Gasteiger partial charge < -0.3 is 19.9 Å². The molecule has 0 saturated heterocycles. The lowest BCUT2D eigenvalue weighted by atomic mass is 10.2. The summed E-state index contributed by atoms with van der Waals surface area (Å²) in [7, 11) is 1.46. The molecule has 0 aliphatic heterocycles. The Bertz CT molecular complexity index is 730. The number of benzene rings is 2. The summed E-state index contributed by atoms with van der Waals surface area (Å²) in [5.74, 6) is 0.774. The SMILES string of the molecule is CCOc1ccc(NCC(=O)N/N=C/c2cccc(OC)c2O)cc1. The number of amides is 1. The molecule has 2 aromatic carbocycles. The van der Waals surface area contributed by atoms with Gasteiger partial charge in [0.25, 0.3) is 5.91 Å². The van der Waals surface area contributed by atoms with Crippen molar-refractivity contribution < 1.29 is 19.4 Å². The number of aromatic hydroxyl groups is 1. The molecule has 0 spiro atoms. The van der Waals surface area contributed by atoms with Crippen molar-refractivity contribution in [2.75, 3.05) is 25.6 Å². The standard InChI is InChI=1S/C18H21N3O4/c1-3-25-15-9-7-14(8-10-15)19-12-17(22)21-20-11-13-5-4-6-16(24-2)18(13)23/h4-11,19,23H,3,12H2,1-2H3,(H,21,22)/b20-11+. The molecule has 0 unspecified atom stereocenters. The van der Waals surface area contributed by atoms with E-state index in [9.17, 15) is 9.90 Å². The van der Waals surface area contributed by atoms with E-state index in [4.69, 9.17) is 9.47 Å². The van der Waals surface area contributed by atoms with Gasteiger partial charge in [-0.3, -0.25) is 4.79 Å². The monoisotopic (exact) mass is 343 g/mol. The van der Waals surface area contributed by atoms with E-state index in [1.54, 1.807) is 18.2 Å². The van der Waals surface area contributed by atoms with Crippen LogP contribution in [0.1, 0.15) is 12.5 Å². The van der Waals surface area contributed by atoms with E-state index >= 15 is 0 Å². The zero-order valence-corrected chi connectivity index (χ0v) is 14.2. The highest BCUT2D eigenvalue weighted by molar-refractivity contribution is 5.87. The van der Waals surface area contributed by atoms with E-state index in [0.29, 0.717) is 17.9 Å². The van der Waals surface area contributed by atoms with Crippen LogP contribution in [0.25, 0.3) is 0 Å². The van der Waals surface area contributed by atoms with Crippen LogP contribution in [-0.4, -0.2) is 37.5 Å². The smallest absolute Gasteiger partial charge is 0.259 e. The third kappa shape index (κ3) is 5.42. The lowest BCUT2D eigenvalue weighted by molar-refractivity contribution is -0.119. The summed E-state index contributed by atoms with van der Waals surface area (Å²) in [6.45, 7) is 2.59. The number of rotatable bonds is 8. The minimum atomic E-state index is -0.312. The first kappa shape index (κ1) is 18.1. The van der Waals surface area contributed by atoms with Crippen LogP contribution in [0.4, 0.5) is 5.69 Å². The van der Waals surface area contributed by atoms with Crippen molar-refractivity contribution in [3.8, 4) is 17.2 Å².